The Hall–Kier alpha value is -1.06. The minimum Gasteiger partial charge on any atom is -0.493 e. The topological polar surface area (TPSA) is 21.7 Å². The predicted molar refractivity (Wildman–Crippen MR) is 73.3 cm³/mol. The van der Waals surface area contributed by atoms with Gasteiger partial charge in [-0.05, 0) is 31.2 Å². The molecule has 1 aromatic rings. The van der Waals surface area contributed by atoms with Gasteiger partial charge in [0.25, 0.3) is 0 Å². The lowest BCUT2D eigenvalue weighted by molar-refractivity contribution is -0.0757. The summed E-state index contributed by atoms with van der Waals surface area (Å²) in [6, 6.07) is 8.87. The molecule has 2 heterocycles. The molecule has 1 saturated heterocycles. The van der Waals surface area contributed by atoms with Crippen LogP contribution in [0.3, 0.4) is 0 Å². The van der Waals surface area contributed by atoms with Gasteiger partial charge in [-0.25, -0.2) is 0 Å². The van der Waals surface area contributed by atoms with Gasteiger partial charge in [0.05, 0.1) is 13.2 Å². The van der Waals surface area contributed by atoms with Gasteiger partial charge in [0.2, 0.25) is 0 Å². The average Bonchev–Trinajstić information content (AvgIpc) is 3.25. The summed E-state index contributed by atoms with van der Waals surface area (Å²) < 4.78 is 12.0. The Morgan fingerprint density at radius 1 is 1.11 bits per heavy atom. The van der Waals surface area contributed by atoms with Crippen molar-refractivity contribution in [1.29, 1.82) is 0 Å². The van der Waals surface area contributed by atoms with E-state index in [1.54, 1.807) is 0 Å². The van der Waals surface area contributed by atoms with Crippen LogP contribution in [0.1, 0.15) is 30.9 Å². The van der Waals surface area contributed by atoms with Gasteiger partial charge in [-0.3, -0.25) is 4.90 Å². The van der Waals surface area contributed by atoms with E-state index in [9.17, 15) is 0 Å². The molecule has 102 valence electrons. The number of rotatable bonds is 2. The van der Waals surface area contributed by atoms with Crippen molar-refractivity contribution in [3.8, 4) is 5.75 Å². The van der Waals surface area contributed by atoms with Crippen LogP contribution >= 0.6 is 0 Å². The first-order valence-corrected chi connectivity index (χ1v) is 7.49. The van der Waals surface area contributed by atoms with E-state index in [0.717, 1.165) is 37.8 Å². The van der Waals surface area contributed by atoms with Crippen molar-refractivity contribution in [2.24, 2.45) is 5.92 Å². The highest BCUT2D eigenvalue weighted by molar-refractivity contribution is 5.37. The highest BCUT2D eigenvalue weighted by Crippen LogP contribution is 2.40. The minimum atomic E-state index is 0.200. The highest BCUT2D eigenvalue weighted by Gasteiger charge is 2.38. The molecule has 0 amide bonds. The Bertz CT molecular complexity index is 458. The van der Waals surface area contributed by atoms with Gasteiger partial charge >= 0.3 is 0 Å². The average molecular weight is 259 g/mol. The van der Waals surface area contributed by atoms with Crippen LogP contribution in [-0.2, 0) is 4.74 Å². The summed E-state index contributed by atoms with van der Waals surface area (Å²) in [6.07, 6.45) is 4.11. The predicted octanol–water partition coefficient (Wildman–Crippen LogP) is 2.62. The SMILES string of the molecule is c1ccc2c(c1)OCCC1C2OCCN1CC1CC1. The molecule has 0 N–H and O–H groups in total. The van der Waals surface area contributed by atoms with Crippen molar-refractivity contribution in [2.75, 3.05) is 26.3 Å². The Morgan fingerprint density at radius 3 is 2.89 bits per heavy atom. The molecule has 1 aromatic carbocycles. The lowest BCUT2D eigenvalue weighted by Crippen LogP contribution is -2.47. The van der Waals surface area contributed by atoms with Gasteiger partial charge in [0.15, 0.2) is 0 Å². The van der Waals surface area contributed by atoms with Gasteiger partial charge in [-0.15, -0.1) is 0 Å². The molecule has 3 nitrogen and oxygen atoms in total. The van der Waals surface area contributed by atoms with Crippen LogP contribution in [0.15, 0.2) is 24.3 Å². The molecule has 2 atom stereocenters. The Labute approximate surface area is 114 Å². The standard InChI is InChI=1S/C16H21NO2/c1-2-4-15-13(3-1)16-14(7-9-18-15)17(8-10-19-16)11-12-5-6-12/h1-4,12,14,16H,5-11H2. The molecule has 0 radical (unpaired) electrons. The number of nitrogens with zero attached hydrogens (tertiary/aromatic N) is 1. The van der Waals surface area contributed by atoms with E-state index in [1.165, 1.54) is 24.9 Å². The van der Waals surface area contributed by atoms with Crippen LogP contribution in [0.2, 0.25) is 0 Å². The summed E-state index contributed by atoms with van der Waals surface area (Å²) in [5.74, 6) is 1.96. The zero-order valence-electron chi connectivity index (χ0n) is 11.3. The maximum atomic E-state index is 6.10. The first kappa shape index (κ1) is 11.7. The van der Waals surface area contributed by atoms with Crippen molar-refractivity contribution in [3.05, 3.63) is 29.8 Å². The van der Waals surface area contributed by atoms with E-state index >= 15 is 0 Å². The monoisotopic (exact) mass is 259 g/mol. The van der Waals surface area contributed by atoms with E-state index in [-0.39, 0.29) is 6.10 Å². The van der Waals surface area contributed by atoms with Crippen molar-refractivity contribution < 1.29 is 9.47 Å². The fourth-order valence-corrected chi connectivity index (χ4v) is 3.39. The summed E-state index contributed by atoms with van der Waals surface area (Å²) in [5.41, 5.74) is 1.24. The smallest absolute Gasteiger partial charge is 0.125 e. The van der Waals surface area contributed by atoms with Crippen LogP contribution in [0.5, 0.6) is 5.75 Å². The third-order valence-corrected chi connectivity index (χ3v) is 4.58. The molecular formula is C16H21NO2. The van der Waals surface area contributed by atoms with Gasteiger partial charge in [-0.2, -0.15) is 0 Å². The number of para-hydroxylation sites is 1. The number of fused-ring (bicyclic) bond motifs is 3. The van der Waals surface area contributed by atoms with Crippen molar-refractivity contribution in [2.45, 2.75) is 31.4 Å². The second-order valence-electron chi connectivity index (χ2n) is 5.97. The van der Waals surface area contributed by atoms with Gasteiger partial charge < -0.3 is 9.47 Å². The highest BCUT2D eigenvalue weighted by atomic mass is 16.5. The Balaban J connectivity index is 1.63. The van der Waals surface area contributed by atoms with Crippen molar-refractivity contribution >= 4 is 0 Å². The van der Waals surface area contributed by atoms with E-state index in [2.05, 4.69) is 23.1 Å². The zero-order valence-corrected chi connectivity index (χ0v) is 11.3. The molecule has 19 heavy (non-hydrogen) atoms. The molecule has 4 rings (SSSR count). The minimum absolute atomic E-state index is 0.200. The number of hydrogen-bond acceptors (Lipinski definition) is 3. The number of ether oxygens (including phenoxy) is 2. The summed E-state index contributed by atoms with van der Waals surface area (Å²) in [6.45, 7) is 4.00. The van der Waals surface area contributed by atoms with Crippen LogP contribution in [0.25, 0.3) is 0 Å². The molecule has 0 spiro atoms. The lowest BCUT2D eigenvalue weighted by Gasteiger charge is -2.40. The van der Waals surface area contributed by atoms with E-state index in [0.29, 0.717) is 6.04 Å². The van der Waals surface area contributed by atoms with Crippen molar-refractivity contribution in [3.63, 3.8) is 0 Å². The van der Waals surface area contributed by atoms with Gasteiger partial charge in [0.1, 0.15) is 11.9 Å². The number of morpholine rings is 1. The third kappa shape index (κ3) is 2.26. The molecular weight excluding hydrogens is 238 g/mol. The van der Waals surface area contributed by atoms with Crippen molar-refractivity contribution in [1.82, 2.24) is 4.90 Å². The molecule has 3 aliphatic rings. The Kier molecular flexibility index (Phi) is 2.97. The van der Waals surface area contributed by atoms with Crippen LogP contribution in [0.4, 0.5) is 0 Å². The molecule has 0 aromatic heterocycles. The number of benzene rings is 1. The van der Waals surface area contributed by atoms with Gasteiger partial charge in [-0.1, -0.05) is 18.2 Å². The third-order valence-electron chi connectivity index (χ3n) is 4.58. The molecule has 1 saturated carbocycles. The molecule has 2 unspecified atom stereocenters. The fourth-order valence-electron chi connectivity index (χ4n) is 3.39. The zero-order chi connectivity index (χ0) is 12.7. The van der Waals surface area contributed by atoms with E-state index < -0.39 is 0 Å². The summed E-state index contributed by atoms with van der Waals surface area (Å²) >= 11 is 0. The fraction of sp³-hybridized carbons (Fsp3) is 0.625. The molecule has 2 aliphatic heterocycles. The largest absolute Gasteiger partial charge is 0.493 e. The summed E-state index contributed by atoms with van der Waals surface area (Å²) in [4.78, 5) is 2.65. The Morgan fingerprint density at radius 2 is 2.00 bits per heavy atom. The molecule has 2 fully saturated rings. The first-order valence-electron chi connectivity index (χ1n) is 7.49. The van der Waals surface area contributed by atoms with Gasteiger partial charge in [0, 0.05) is 24.7 Å². The van der Waals surface area contributed by atoms with E-state index in [1.807, 2.05) is 6.07 Å². The van der Waals surface area contributed by atoms with Crippen LogP contribution in [0, 0.1) is 5.92 Å². The normalized spacial score (nSPS) is 30.9. The first-order chi connectivity index (χ1) is 9.42. The summed E-state index contributed by atoms with van der Waals surface area (Å²) in [5, 5.41) is 0. The summed E-state index contributed by atoms with van der Waals surface area (Å²) in [7, 11) is 0. The van der Waals surface area contributed by atoms with Crippen LogP contribution < -0.4 is 4.74 Å². The maximum absolute atomic E-state index is 6.10. The molecule has 1 aliphatic carbocycles. The number of hydrogen-bond donors (Lipinski definition) is 0. The quantitative estimate of drug-likeness (QED) is 0.815. The second kappa shape index (κ2) is 4.80. The second-order valence-corrected chi connectivity index (χ2v) is 5.97. The lowest BCUT2D eigenvalue weighted by atomic mass is 9.97. The van der Waals surface area contributed by atoms with E-state index in [4.69, 9.17) is 9.47 Å². The maximum Gasteiger partial charge on any atom is 0.125 e. The van der Waals surface area contributed by atoms with Crippen LogP contribution in [-0.4, -0.2) is 37.2 Å². The molecule has 3 heteroatoms. The molecule has 0 bridgehead atoms.